The highest BCUT2D eigenvalue weighted by Crippen LogP contribution is 2.29. The Balaban J connectivity index is 1.55. The molecule has 0 aliphatic carbocycles. The van der Waals surface area contributed by atoms with Gasteiger partial charge in [-0.05, 0) is 37.6 Å². The fraction of sp³-hybridized carbons (Fsp3) is 0.303. The normalized spacial score (nSPS) is 13.5. The number of unbranched alkanes of at least 4 members (excludes halogenated alkanes) is 1. The maximum Gasteiger partial charge on any atom is 0.333 e. The summed E-state index contributed by atoms with van der Waals surface area (Å²) in [6.07, 6.45) is 1.40. The van der Waals surface area contributed by atoms with E-state index in [1.165, 1.54) is 12.1 Å². The number of benzene rings is 3. The maximum atomic E-state index is 14.5. The Morgan fingerprint density at radius 2 is 1.43 bits per heavy atom. The number of fused-ring (bicyclic) bond motifs is 2. The van der Waals surface area contributed by atoms with Crippen LogP contribution in [0.25, 0.3) is 21.8 Å². The quantitative estimate of drug-likeness (QED) is 0.137. The summed E-state index contributed by atoms with van der Waals surface area (Å²) in [4.78, 5) is 55.7. The fourth-order valence-corrected chi connectivity index (χ4v) is 6.78. The molecule has 0 N–H and O–H groups in total. The Labute approximate surface area is 255 Å². The number of hydrogen-bond donors (Lipinski definition) is 0. The van der Waals surface area contributed by atoms with Crippen molar-refractivity contribution in [2.45, 2.75) is 63.8 Å². The number of carbonyl (C=O) groups is 4. The molecule has 1 aliphatic heterocycles. The van der Waals surface area contributed by atoms with Crippen LogP contribution in [0.2, 0.25) is 0 Å². The third-order valence-electron chi connectivity index (χ3n) is 7.65. The van der Waals surface area contributed by atoms with Gasteiger partial charge in [0.2, 0.25) is 11.0 Å². The monoisotopic (exact) mass is 616 g/mol. The average molecular weight is 617 g/mol. The number of amides is 3. The van der Waals surface area contributed by atoms with E-state index >= 15 is 0 Å². The SMILES string of the molecule is CCCC[n+]1c2ccccc2c(C(=O)N(CCCC(=O)ON2C(=O)CCC2=O)S(=O)(=O)c2ccc(C)cc2)c2ccccc21. The first-order valence-corrected chi connectivity index (χ1v) is 16.1. The molecule has 0 saturated carbocycles. The number of imide groups is 1. The van der Waals surface area contributed by atoms with Gasteiger partial charge in [0.15, 0.2) is 0 Å². The highest BCUT2D eigenvalue weighted by molar-refractivity contribution is 7.89. The summed E-state index contributed by atoms with van der Waals surface area (Å²) >= 11 is 0. The fourth-order valence-electron chi connectivity index (χ4n) is 5.37. The third kappa shape index (κ3) is 6.05. The Morgan fingerprint density at radius 1 is 0.864 bits per heavy atom. The second-order valence-corrected chi connectivity index (χ2v) is 12.6. The largest absolute Gasteiger partial charge is 0.333 e. The highest BCUT2D eigenvalue weighted by Gasteiger charge is 2.35. The number of pyridine rings is 1. The number of para-hydroxylation sites is 2. The number of hydrogen-bond acceptors (Lipinski definition) is 7. The minimum atomic E-state index is -4.36. The van der Waals surface area contributed by atoms with Gasteiger partial charge in [0.05, 0.1) is 21.2 Å². The van der Waals surface area contributed by atoms with E-state index in [1.54, 1.807) is 12.1 Å². The molecule has 10 nitrogen and oxygen atoms in total. The van der Waals surface area contributed by atoms with E-state index in [1.807, 2.05) is 55.5 Å². The molecule has 1 aromatic heterocycles. The first-order chi connectivity index (χ1) is 21.1. The molecule has 1 fully saturated rings. The lowest BCUT2D eigenvalue weighted by Gasteiger charge is -2.24. The molecule has 0 radical (unpaired) electrons. The van der Waals surface area contributed by atoms with Crippen molar-refractivity contribution < 1.29 is 37.0 Å². The topological polar surface area (TPSA) is 122 Å². The molecule has 1 aliphatic rings. The Morgan fingerprint density at radius 3 is 2.00 bits per heavy atom. The number of carbonyl (C=O) groups excluding carboxylic acids is 4. The zero-order valence-corrected chi connectivity index (χ0v) is 25.5. The molecule has 1 saturated heterocycles. The van der Waals surface area contributed by atoms with Gasteiger partial charge in [-0.2, -0.15) is 4.57 Å². The van der Waals surface area contributed by atoms with E-state index in [4.69, 9.17) is 4.84 Å². The number of nitrogens with zero attached hydrogens (tertiary/aromatic N) is 3. The smallest absolute Gasteiger partial charge is 0.330 e. The van der Waals surface area contributed by atoms with Crippen LogP contribution in [0.5, 0.6) is 0 Å². The molecule has 0 atom stereocenters. The van der Waals surface area contributed by atoms with Gasteiger partial charge in [-0.1, -0.05) is 55.3 Å². The van der Waals surface area contributed by atoms with Gasteiger partial charge in [-0.15, -0.1) is 5.06 Å². The van der Waals surface area contributed by atoms with Crippen LogP contribution in [0.4, 0.5) is 0 Å². The van der Waals surface area contributed by atoms with Crippen molar-refractivity contribution in [2.75, 3.05) is 6.54 Å². The lowest BCUT2D eigenvalue weighted by Crippen LogP contribution is -2.40. The molecule has 0 spiro atoms. The summed E-state index contributed by atoms with van der Waals surface area (Å²) in [6.45, 7) is 4.32. The van der Waals surface area contributed by atoms with E-state index in [0.717, 1.165) is 40.3 Å². The van der Waals surface area contributed by atoms with Gasteiger partial charge < -0.3 is 4.84 Å². The molecule has 3 aromatic carbocycles. The summed E-state index contributed by atoms with van der Waals surface area (Å²) in [7, 11) is -4.36. The summed E-state index contributed by atoms with van der Waals surface area (Å²) in [5, 5.41) is 1.67. The average Bonchev–Trinajstić information content (AvgIpc) is 3.33. The van der Waals surface area contributed by atoms with Gasteiger partial charge in [0.25, 0.3) is 27.7 Å². The predicted molar refractivity (Wildman–Crippen MR) is 162 cm³/mol. The summed E-state index contributed by atoms with van der Waals surface area (Å²) in [5.41, 5.74) is 2.71. The first-order valence-electron chi connectivity index (χ1n) is 14.7. The van der Waals surface area contributed by atoms with Crippen molar-refractivity contribution in [1.82, 2.24) is 9.37 Å². The minimum absolute atomic E-state index is 0.0411. The van der Waals surface area contributed by atoms with Gasteiger partial charge in [-0.3, -0.25) is 14.4 Å². The number of aryl methyl sites for hydroxylation is 2. The second-order valence-electron chi connectivity index (χ2n) is 10.8. The van der Waals surface area contributed by atoms with Crippen LogP contribution in [-0.2, 0) is 35.8 Å². The lowest BCUT2D eigenvalue weighted by atomic mass is 10.0. The van der Waals surface area contributed by atoms with Gasteiger partial charge in [-0.25, -0.2) is 17.5 Å². The molecule has 44 heavy (non-hydrogen) atoms. The number of aromatic nitrogens is 1. The summed E-state index contributed by atoms with van der Waals surface area (Å²) in [6, 6.07) is 21.1. The van der Waals surface area contributed by atoms with E-state index in [-0.39, 0.29) is 42.7 Å². The number of hydroxylamine groups is 2. The van der Waals surface area contributed by atoms with Crippen molar-refractivity contribution >= 4 is 55.5 Å². The summed E-state index contributed by atoms with van der Waals surface area (Å²) in [5.74, 6) is -2.82. The van der Waals surface area contributed by atoms with E-state index in [0.29, 0.717) is 15.8 Å². The van der Waals surface area contributed by atoms with Crippen LogP contribution in [0.3, 0.4) is 0 Å². The molecule has 0 bridgehead atoms. The van der Waals surface area contributed by atoms with Crippen LogP contribution in [0.1, 0.15) is 61.4 Å². The van der Waals surface area contributed by atoms with Crippen LogP contribution >= 0.6 is 0 Å². The lowest BCUT2D eigenvalue weighted by molar-refractivity contribution is -0.645. The standard InChI is InChI=1S/C33H34N3O7S/c1-3-4-21-34-27-12-7-5-10-25(27)32(26-11-6-8-13-28(26)34)33(40)35(44(41,42)24-17-15-23(2)16-18-24)22-9-14-31(39)43-36-29(37)19-20-30(36)38/h5-8,10-13,15-18H,3-4,9,14,19-22H2,1-2H3/q+1. The van der Waals surface area contributed by atoms with Crippen LogP contribution in [0, 0.1) is 6.92 Å². The molecule has 0 unspecified atom stereocenters. The van der Waals surface area contributed by atoms with Crippen molar-refractivity contribution in [2.24, 2.45) is 0 Å². The third-order valence-corrected chi connectivity index (χ3v) is 9.45. The summed E-state index contributed by atoms with van der Waals surface area (Å²) < 4.78 is 31.1. The highest BCUT2D eigenvalue weighted by atomic mass is 32.2. The molecule has 4 aromatic rings. The maximum absolute atomic E-state index is 14.5. The van der Waals surface area contributed by atoms with Crippen molar-refractivity contribution in [3.63, 3.8) is 0 Å². The molecule has 3 amide bonds. The Bertz CT molecular complexity index is 1800. The van der Waals surface area contributed by atoms with E-state index in [2.05, 4.69) is 11.5 Å². The van der Waals surface area contributed by atoms with Crippen molar-refractivity contribution in [3.05, 3.63) is 83.9 Å². The second kappa shape index (κ2) is 12.9. The molecular weight excluding hydrogens is 582 g/mol. The molecule has 2 heterocycles. The van der Waals surface area contributed by atoms with Gasteiger partial charge >= 0.3 is 5.97 Å². The van der Waals surface area contributed by atoms with Crippen LogP contribution in [0.15, 0.2) is 77.7 Å². The van der Waals surface area contributed by atoms with E-state index in [9.17, 15) is 27.6 Å². The zero-order chi connectivity index (χ0) is 31.4. The van der Waals surface area contributed by atoms with Crippen molar-refractivity contribution in [3.8, 4) is 0 Å². The Hall–Kier alpha value is -4.64. The molecule has 228 valence electrons. The van der Waals surface area contributed by atoms with Gasteiger partial charge in [0, 0.05) is 44.4 Å². The number of sulfonamides is 1. The Kier molecular flexibility index (Phi) is 9.05. The predicted octanol–water partition coefficient (Wildman–Crippen LogP) is 4.61. The minimum Gasteiger partial charge on any atom is -0.330 e. The molecule has 5 rings (SSSR count). The van der Waals surface area contributed by atoms with Crippen LogP contribution < -0.4 is 4.57 Å². The van der Waals surface area contributed by atoms with Gasteiger partial charge in [0.1, 0.15) is 6.54 Å². The molecular formula is C33H34N3O7S+. The van der Waals surface area contributed by atoms with Crippen molar-refractivity contribution in [1.29, 1.82) is 0 Å². The number of rotatable bonds is 11. The van der Waals surface area contributed by atoms with Crippen LogP contribution in [-0.4, -0.2) is 48.0 Å². The van der Waals surface area contributed by atoms with E-state index < -0.39 is 33.7 Å². The molecule has 11 heteroatoms. The zero-order valence-electron chi connectivity index (χ0n) is 24.7. The first kappa shape index (κ1) is 30.8.